The molecule has 0 aromatic heterocycles. The first-order chi connectivity index (χ1) is 7.38. The van der Waals surface area contributed by atoms with Gasteiger partial charge in [-0.25, -0.2) is 0 Å². The maximum Gasteiger partial charge on any atom is 0.321 e. The number of nitrogens with two attached hydrogens (primary N) is 1. The Labute approximate surface area is 96.4 Å². The summed E-state index contributed by atoms with van der Waals surface area (Å²) in [7, 11) is 1.40. The lowest BCUT2D eigenvalue weighted by Gasteiger charge is -2.12. The van der Waals surface area contributed by atoms with E-state index in [9.17, 15) is 14.4 Å². The van der Waals surface area contributed by atoms with Gasteiger partial charge in [-0.15, -0.1) is 11.8 Å². The number of nitrogens with one attached hydrogen (secondary N) is 1. The smallest absolute Gasteiger partial charge is 0.321 e. The third-order valence-corrected chi connectivity index (χ3v) is 3.04. The molecule has 0 unspecified atom stereocenters. The zero-order valence-electron chi connectivity index (χ0n) is 8.67. The Morgan fingerprint density at radius 1 is 1.31 bits per heavy atom. The van der Waals surface area contributed by atoms with E-state index < -0.39 is 29.1 Å². The second-order valence-corrected chi connectivity index (χ2v) is 4.22. The molecule has 0 aliphatic rings. The van der Waals surface area contributed by atoms with Crippen LogP contribution in [0.3, 0.4) is 0 Å². The third kappa shape index (κ3) is 5.56. The van der Waals surface area contributed by atoms with Crippen molar-refractivity contribution >= 4 is 29.6 Å². The molecule has 0 aliphatic heterocycles. The van der Waals surface area contributed by atoms with Gasteiger partial charge in [0.15, 0.2) is 0 Å². The van der Waals surface area contributed by atoms with Crippen molar-refractivity contribution in [2.75, 3.05) is 12.8 Å². The first kappa shape index (κ1) is 14.7. The molecule has 8 heteroatoms. The lowest BCUT2D eigenvalue weighted by atomic mass is 10.3. The number of aliphatic carboxylic acids is 2. The summed E-state index contributed by atoms with van der Waals surface area (Å²) >= 11 is 0.844. The highest BCUT2D eigenvalue weighted by molar-refractivity contribution is 8.00. The first-order valence-electron chi connectivity index (χ1n) is 4.41. The molecule has 0 rings (SSSR count). The molecule has 7 nitrogen and oxygen atoms in total. The van der Waals surface area contributed by atoms with Crippen molar-refractivity contribution in [3.05, 3.63) is 0 Å². The quantitative estimate of drug-likeness (QED) is 0.442. The number of amides is 1. The van der Waals surface area contributed by atoms with E-state index in [-0.39, 0.29) is 12.2 Å². The van der Waals surface area contributed by atoms with Crippen molar-refractivity contribution in [2.24, 2.45) is 5.73 Å². The van der Waals surface area contributed by atoms with E-state index in [1.54, 1.807) is 0 Å². The molecule has 0 bridgehead atoms. The Morgan fingerprint density at radius 3 is 2.25 bits per heavy atom. The number of carboxylic acid groups (broad SMARTS) is 2. The number of carboxylic acids is 2. The minimum Gasteiger partial charge on any atom is -0.480 e. The third-order valence-electron chi connectivity index (χ3n) is 1.72. The van der Waals surface area contributed by atoms with Crippen LogP contribution in [0.4, 0.5) is 0 Å². The number of hydrogen-bond donors (Lipinski definition) is 4. The van der Waals surface area contributed by atoms with E-state index in [0.29, 0.717) is 0 Å². The standard InChI is InChI=1S/C8H14N2O5S/c1-10-6(11)2-5(8(14)15)16-3-4(9)7(12)13/h4-5H,2-3,9H2,1H3,(H,10,11)(H,12,13)(H,14,15)/t4-,5+/m0/s1. The molecule has 0 heterocycles. The number of carbonyl (C=O) groups excluding carboxylic acids is 1. The molecule has 5 N–H and O–H groups in total. The molecule has 2 atom stereocenters. The Kier molecular flexibility index (Phi) is 6.50. The van der Waals surface area contributed by atoms with Gasteiger partial charge in [0, 0.05) is 19.2 Å². The molecule has 0 saturated heterocycles. The summed E-state index contributed by atoms with van der Waals surface area (Å²) in [6.07, 6.45) is -0.206. The molecule has 0 spiro atoms. The predicted octanol–water partition coefficient (Wildman–Crippen LogP) is -1.28. The summed E-state index contributed by atoms with van der Waals surface area (Å²) in [6, 6.07) is -1.13. The van der Waals surface area contributed by atoms with Gasteiger partial charge in [-0.1, -0.05) is 0 Å². The van der Waals surface area contributed by atoms with E-state index in [2.05, 4.69) is 5.32 Å². The van der Waals surface area contributed by atoms with Gasteiger partial charge in [0.1, 0.15) is 11.3 Å². The SMILES string of the molecule is CNC(=O)C[C@@H](SC[C@H](N)C(=O)O)C(=O)O. The minimum atomic E-state index is -1.20. The van der Waals surface area contributed by atoms with Crippen LogP contribution in [0.5, 0.6) is 0 Å². The Morgan fingerprint density at radius 2 is 1.88 bits per heavy atom. The Bertz CT molecular complexity index is 284. The molecule has 0 radical (unpaired) electrons. The second kappa shape index (κ2) is 7.07. The van der Waals surface area contributed by atoms with E-state index in [4.69, 9.17) is 15.9 Å². The van der Waals surface area contributed by atoms with E-state index in [0.717, 1.165) is 11.8 Å². The fourth-order valence-electron chi connectivity index (χ4n) is 0.779. The van der Waals surface area contributed by atoms with Gasteiger partial charge in [-0.3, -0.25) is 14.4 Å². The van der Waals surface area contributed by atoms with Gasteiger partial charge in [0.25, 0.3) is 0 Å². The highest BCUT2D eigenvalue weighted by Crippen LogP contribution is 2.15. The van der Waals surface area contributed by atoms with Crippen LogP contribution in [0, 0.1) is 0 Å². The molecule has 92 valence electrons. The molecule has 0 aromatic carbocycles. The minimum absolute atomic E-state index is 0.0523. The fourth-order valence-corrected chi connectivity index (χ4v) is 1.77. The van der Waals surface area contributed by atoms with E-state index in [1.165, 1.54) is 7.05 Å². The van der Waals surface area contributed by atoms with E-state index in [1.807, 2.05) is 0 Å². The highest BCUT2D eigenvalue weighted by atomic mass is 32.2. The molecule has 0 fully saturated rings. The van der Waals surface area contributed by atoms with Crippen molar-refractivity contribution in [3.8, 4) is 0 Å². The summed E-state index contributed by atoms with van der Waals surface area (Å²) in [5.41, 5.74) is 5.21. The lowest BCUT2D eigenvalue weighted by Crippen LogP contribution is -2.35. The van der Waals surface area contributed by atoms with Gasteiger partial charge in [0.05, 0.1) is 0 Å². The van der Waals surface area contributed by atoms with Crippen LogP contribution in [-0.2, 0) is 14.4 Å². The summed E-state index contributed by atoms with van der Waals surface area (Å²) in [5.74, 6) is -2.82. The van der Waals surface area contributed by atoms with Gasteiger partial charge >= 0.3 is 11.9 Å². The van der Waals surface area contributed by atoms with Gasteiger partial charge < -0.3 is 21.3 Å². The van der Waals surface area contributed by atoms with Crippen molar-refractivity contribution in [1.29, 1.82) is 0 Å². The van der Waals surface area contributed by atoms with Crippen molar-refractivity contribution in [3.63, 3.8) is 0 Å². The van der Waals surface area contributed by atoms with Gasteiger partial charge in [-0.05, 0) is 0 Å². The summed E-state index contributed by atoms with van der Waals surface area (Å²) in [6.45, 7) is 0. The molecule has 16 heavy (non-hydrogen) atoms. The van der Waals surface area contributed by atoms with Crippen molar-refractivity contribution in [1.82, 2.24) is 5.32 Å². The van der Waals surface area contributed by atoms with Crippen LogP contribution in [0.25, 0.3) is 0 Å². The second-order valence-electron chi connectivity index (χ2n) is 2.98. The average molecular weight is 250 g/mol. The molecule has 0 saturated carbocycles. The fraction of sp³-hybridized carbons (Fsp3) is 0.625. The molecule has 0 aliphatic carbocycles. The van der Waals surface area contributed by atoms with Crippen LogP contribution in [0.2, 0.25) is 0 Å². The summed E-state index contributed by atoms with van der Waals surface area (Å²) in [5, 5.41) is 18.6. The van der Waals surface area contributed by atoms with Crippen LogP contribution in [0.15, 0.2) is 0 Å². The van der Waals surface area contributed by atoms with Crippen LogP contribution in [0.1, 0.15) is 6.42 Å². The average Bonchev–Trinajstić information content (AvgIpc) is 2.22. The normalized spacial score (nSPS) is 13.9. The predicted molar refractivity (Wildman–Crippen MR) is 58.2 cm³/mol. The number of carbonyl (C=O) groups is 3. The van der Waals surface area contributed by atoms with Crippen molar-refractivity contribution in [2.45, 2.75) is 17.7 Å². The van der Waals surface area contributed by atoms with Gasteiger partial charge in [-0.2, -0.15) is 0 Å². The lowest BCUT2D eigenvalue weighted by molar-refractivity contribution is -0.139. The Hall–Kier alpha value is -1.28. The Balaban J connectivity index is 4.19. The van der Waals surface area contributed by atoms with E-state index >= 15 is 0 Å². The largest absolute Gasteiger partial charge is 0.480 e. The molecule has 0 aromatic rings. The van der Waals surface area contributed by atoms with Gasteiger partial charge in [0.2, 0.25) is 5.91 Å². The number of rotatable bonds is 7. The maximum atomic E-state index is 11.0. The zero-order chi connectivity index (χ0) is 12.7. The monoisotopic (exact) mass is 250 g/mol. The highest BCUT2D eigenvalue weighted by Gasteiger charge is 2.23. The van der Waals surface area contributed by atoms with Crippen LogP contribution < -0.4 is 11.1 Å². The van der Waals surface area contributed by atoms with Crippen LogP contribution in [-0.4, -0.2) is 52.2 Å². The topological polar surface area (TPSA) is 130 Å². The number of thioether (sulfide) groups is 1. The van der Waals surface area contributed by atoms with Crippen LogP contribution >= 0.6 is 11.8 Å². The maximum absolute atomic E-state index is 11.0. The first-order valence-corrected chi connectivity index (χ1v) is 5.46. The van der Waals surface area contributed by atoms with Crippen molar-refractivity contribution < 1.29 is 24.6 Å². The summed E-state index contributed by atoms with van der Waals surface area (Å²) in [4.78, 5) is 32.1. The molecule has 1 amide bonds. The molecular weight excluding hydrogens is 236 g/mol. The number of hydrogen-bond acceptors (Lipinski definition) is 5. The molecular formula is C8H14N2O5S. The zero-order valence-corrected chi connectivity index (χ0v) is 9.49. The summed E-state index contributed by atoms with van der Waals surface area (Å²) < 4.78 is 0.